The molecule has 354 valence electrons. The molecule has 7 N–H and O–H groups in total. The monoisotopic (exact) mass is 865 g/mol. The standard InChI is InChI=1S/C45H84O15/c1-31(2)23-19-15-11-7-5-9-13-17-21-25-36(47)55-28-33(58-37(48)26-22-18-14-10-6-8-12-16-20-24-32(3)4)29-56-44-43(54)41(52)39(50)35(60-44)30-57-45-42(53)40(51)38(49)34(27-46)59-45/h31-35,38-46,49-54H,5-30H2,1-4H3. The van der Waals surface area contributed by atoms with Crippen molar-refractivity contribution in [2.45, 2.75) is 236 Å². The van der Waals surface area contributed by atoms with Gasteiger partial charge >= 0.3 is 11.9 Å². The molecule has 2 aliphatic heterocycles. The summed E-state index contributed by atoms with van der Waals surface area (Å²) >= 11 is 0. The minimum absolute atomic E-state index is 0.169. The Morgan fingerprint density at radius 1 is 0.483 bits per heavy atom. The summed E-state index contributed by atoms with van der Waals surface area (Å²) in [6, 6.07) is 0. The predicted octanol–water partition coefficient (Wildman–Crippen LogP) is 4.98. The fraction of sp³-hybridized carbons (Fsp3) is 0.956. The molecule has 0 spiro atoms. The molecule has 2 saturated heterocycles. The normalized spacial score (nSPS) is 27.7. The van der Waals surface area contributed by atoms with Crippen LogP contribution in [0.1, 0.15) is 169 Å². The minimum Gasteiger partial charge on any atom is -0.462 e. The number of hydrogen-bond donors (Lipinski definition) is 7. The Hall–Kier alpha value is -1.50. The first kappa shape index (κ1) is 54.6. The number of esters is 2. The van der Waals surface area contributed by atoms with Gasteiger partial charge in [0.25, 0.3) is 0 Å². The number of aliphatic hydroxyl groups is 7. The van der Waals surface area contributed by atoms with Crippen molar-refractivity contribution in [2.75, 3.05) is 26.4 Å². The van der Waals surface area contributed by atoms with E-state index in [0.29, 0.717) is 12.8 Å². The average Bonchev–Trinajstić information content (AvgIpc) is 3.21. The first-order chi connectivity index (χ1) is 28.7. The Kier molecular flexibility index (Phi) is 29.3. The molecule has 11 atom stereocenters. The topological polar surface area (TPSA) is 231 Å². The second-order valence-corrected chi connectivity index (χ2v) is 17.9. The minimum atomic E-state index is -1.76. The third kappa shape index (κ3) is 22.7. The van der Waals surface area contributed by atoms with E-state index in [1.54, 1.807) is 0 Å². The van der Waals surface area contributed by atoms with Crippen molar-refractivity contribution in [1.29, 1.82) is 0 Å². The molecule has 2 fully saturated rings. The van der Waals surface area contributed by atoms with Gasteiger partial charge in [0, 0.05) is 12.8 Å². The van der Waals surface area contributed by atoms with Crippen LogP contribution in [-0.2, 0) is 38.0 Å². The van der Waals surface area contributed by atoms with E-state index < -0.39 is 92.7 Å². The molecular formula is C45H84O15. The SMILES string of the molecule is CC(C)CCCCCCCCCCCC(=O)OCC(COC1OC(COC2OC(CO)C(O)C(O)C2O)C(O)C(O)C1O)OC(=O)CCCCCCCCCCCC(C)C. The highest BCUT2D eigenvalue weighted by Crippen LogP contribution is 2.26. The highest BCUT2D eigenvalue weighted by atomic mass is 16.7. The van der Waals surface area contributed by atoms with E-state index in [9.17, 15) is 45.3 Å². The first-order valence-electron chi connectivity index (χ1n) is 23.3. The zero-order valence-corrected chi connectivity index (χ0v) is 37.3. The van der Waals surface area contributed by atoms with Crippen molar-refractivity contribution in [2.24, 2.45) is 11.8 Å². The molecule has 15 nitrogen and oxygen atoms in total. The summed E-state index contributed by atoms with van der Waals surface area (Å²) in [5, 5.41) is 71.8. The number of rotatable bonds is 34. The highest BCUT2D eigenvalue weighted by Gasteiger charge is 2.47. The maximum Gasteiger partial charge on any atom is 0.306 e. The number of unbranched alkanes of at least 4 members (excludes halogenated alkanes) is 16. The Labute approximate surface area is 359 Å². The van der Waals surface area contributed by atoms with Gasteiger partial charge in [-0.25, -0.2) is 0 Å². The molecule has 0 bridgehead atoms. The second-order valence-electron chi connectivity index (χ2n) is 17.9. The van der Waals surface area contributed by atoms with E-state index in [1.165, 1.54) is 77.0 Å². The Morgan fingerprint density at radius 2 is 0.883 bits per heavy atom. The number of aliphatic hydroxyl groups excluding tert-OH is 7. The number of carbonyl (C=O) groups is 2. The zero-order valence-electron chi connectivity index (χ0n) is 37.3. The first-order valence-corrected chi connectivity index (χ1v) is 23.3. The third-order valence-electron chi connectivity index (χ3n) is 11.4. The number of ether oxygens (including phenoxy) is 6. The van der Waals surface area contributed by atoms with Crippen LogP contribution in [0.25, 0.3) is 0 Å². The van der Waals surface area contributed by atoms with Gasteiger partial charge < -0.3 is 64.2 Å². The summed E-state index contributed by atoms with van der Waals surface area (Å²) in [6.07, 6.45) is 6.02. The Balaban J connectivity index is 1.85. The van der Waals surface area contributed by atoms with E-state index in [1.807, 2.05) is 0 Å². The van der Waals surface area contributed by atoms with Crippen LogP contribution in [0.4, 0.5) is 0 Å². The lowest BCUT2D eigenvalue weighted by molar-refractivity contribution is -0.332. The Morgan fingerprint density at radius 3 is 1.35 bits per heavy atom. The van der Waals surface area contributed by atoms with Gasteiger partial charge in [0.05, 0.1) is 19.8 Å². The fourth-order valence-corrected chi connectivity index (χ4v) is 7.53. The molecule has 2 rings (SSSR count). The van der Waals surface area contributed by atoms with Crippen LogP contribution in [0.3, 0.4) is 0 Å². The van der Waals surface area contributed by atoms with Crippen molar-refractivity contribution in [3.05, 3.63) is 0 Å². The summed E-state index contributed by atoms with van der Waals surface area (Å²) in [7, 11) is 0. The van der Waals surface area contributed by atoms with Crippen LogP contribution >= 0.6 is 0 Å². The predicted molar refractivity (Wildman–Crippen MR) is 224 cm³/mol. The van der Waals surface area contributed by atoms with Gasteiger partial charge in [-0.1, -0.05) is 143 Å². The van der Waals surface area contributed by atoms with Gasteiger partial charge in [0.1, 0.15) is 55.4 Å². The zero-order chi connectivity index (χ0) is 44.3. The Bertz CT molecular complexity index is 1090. The molecule has 0 aliphatic carbocycles. The molecular weight excluding hydrogens is 780 g/mol. The highest BCUT2D eigenvalue weighted by molar-refractivity contribution is 5.70. The molecule has 0 aromatic heterocycles. The van der Waals surface area contributed by atoms with Crippen LogP contribution in [-0.4, -0.2) is 142 Å². The summed E-state index contributed by atoms with van der Waals surface area (Å²) in [6.45, 7) is 7.15. The summed E-state index contributed by atoms with van der Waals surface area (Å²) < 4.78 is 33.5. The number of hydrogen-bond acceptors (Lipinski definition) is 15. The van der Waals surface area contributed by atoms with Gasteiger partial charge in [-0.15, -0.1) is 0 Å². The van der Waals surface area contributed by atoms with Gasteiger partial charge in [-0.05, 0) is 24.7 Å². The smallest absolute Gasteiger partial charge is 0.306 e. The van der Waals surface area contributed by atoms with Crippen LogP contribution in [0, 0.1) is 11.8 Å². The largest absolute Gasteiger partial charge is 0.462 e. The lowest BCUT2D eigenvalue weighted by Crippen LogP contribution is -2.61. The maximum absolute atomic E-state index is 12.9. The molecule has 60 heavy (non-hydrogen) atoms. The van der Waals surface area contributed by atoms with E-state index in [0.717, 1.165) is 50.4 Å². The lowest BCUT2D eigenvalue weighted by atomic mass is 9.98. The van der Waals surface area contributed by atoms with E-state index in [4.69, 9.17) is 28.4 Å². The molecule has 11 unspecified atom stereocenters. The van der Waals surface area contributed by atoms with Gasteiger partial charge in [-0.2, -0.15) is 0 Å². The quantitative estimate of drug-likeness (QED) is 0.0334. The fourth-order valence-electron chi connectivity index (χ4n) is 7.53. The second kappa shape index (κ2) is 32.2. The molecule has 0 saturated carbocycles. The molecule has 2 heterocycles. The van der Waals surface area contributed by atoms with Gasteiger partial charge in [-0.3, -0.25) is 9.59 Å². The van der Waals surface area contributed by atoms with Crippen LogP contribution in [0.2, 0.25) is 0 Å². The molecule has 0 amide bonds. The van der Waals surface area contributed by atoms with E-state index >= 15 is 0 Å². The van der Waals surface area contributed by atoms with Crippen molar-refractivity contribution >= 4 is 11.9 Å². The van der Waals surface area contributed by atoms with Gasteiger partial charge in [0.2, 0.25) is 0 Å². The molecule has 2 aliphatic rings. The van der Waals surface area contributed by atoms with Crippen LogP contribution < -0.4 is 0 Å². The van der Waals surface area contributed by atoms with Crippen LogP contribution in [0.5, 0.6) is 0 Å². The number of carbonyl (C=O) groups excluding carboxylic acids is 2. The van der Waals surface area contributed by atoms with Crippen LogP contribution in [0.15, 0.2) is 0 Å². The van der Waals surface area contributed by atoms with E-state index in [2.05, 4.69) is 27.7 Å². The molecule has 0 aromatic carbocycles. The van der Waals surface area contributed by atoms with E-state index in [-0.39, 0.29) is 26.1 Å². The maximum atomic E-state index is 12.9. The van der Waals surface area contributed by atoms with Crippen molar-refractivity contribution in [1.82, 2.24) is 0 Å². The molecule has 15 heteroatoms. The third-order valence-corrected chi connectivity index (χ3v) is 11.4. The summed E-state index contributed by atoms with van der Waals surface area (Å²) in [5.41, 5.74) is 0. The molecule has 0 radical (unpaired) electrons. The average molecular weight is 865 g/mol. The lowest BCUT2D eigenvalue weighted by Gasteiger charge is -2.42. The summed E-state index contributed by atoms with van der Waals surface area (Å²) in [4.78, 5) is 25.6. The van der Waals surface area contributed by atoms with Gasteiger partial charge in [0.15, 0.2) is 18.7 Å². The van der Waals surface area contributed by atoms with Crippen molar-refractivity contribution < 1.29 is 73.8 Å². The van der Waals surface area contributed by atoms with Crippen molar-refractivity contribution in [3.63, 3.8) is 0 Å². The summed E-state index contributed by atoms with van der Waals surface area (Å²) in [5.74, 6) is 0.590. The molecule has 0 aromatic rings. The van der Waals surface area contributed by atoms with Crippen molar-refractivity contribution in [3.8, 4) is 0 Å².